The average Bonchev–Trinajstić information content (AvgIpc) is 2.91. The molecule has 28 heavy (non-hydrogen) atoms. The maximum absolute atomic E-state index is 13.2. The molecule has 6 heteroatoms. The summed E-state index contributed by atoms with van der Waals surface area (Å²) in [5.74, 6) is 1.69. The number of imide groups is 1. The SMILES string of the molecule is CCCN1C(=O)C(c2ccc(OC)c(OC)c2)=C(N2CC(C)CC(C)C2)C1=O. The largest absolute Gasteiger partial charge is 0.493 e. The summed E-state index contributed by atoms with van der Waals surface area (Å²) in [4.78, 5) is 29.9. The minimum Gasteiger partial charge on any atom is -0.493 e. The van der Waals surface area contributed by atoms with Crippen LogP contribution in [0.25, 0.3) is 5.57 Å². The molecule has 3 rings (SSSR count). The van der Waals surface area contributed by atoms with Crippen LogP contribution < -0.4 is 9.47 Å². The summed E-state index contributed by atoms with van der Waals surface area (Å²) in [6.07, 6.45) is 1.87. The number of carbonyl (C=O) groups excluding carboxylic acids is 2. The summed E-state index contributed by atoms with van der Waals surface area (Å²) in [6, 6.07) is 5.39. The van der Waals surface area contributed by atoms with Gasteiger partial charge in [0.1, 0.15) is 5.70 Å². The van der Waals surface area contributed by atoms with Crippen molar-refractivity contribution in [3.05, 3.63) is 29.5 Å². The van der Waals surface area contributed by atoms with Crippen molar-refractivity contribution >= 4 is 17.4 Å². The van der Waals surface area contributed by atoms with Crippen molar-refractivity contribution < 1.29 is 19.1 Å². The zero-order valence-corrected chi connectivity index (χ0v) is 17.4. The first-order valence-corrected chi connectivity index (χ1v) is 9.99. The van der Waals surface area contributed by atoms with E-state index in [1.807, 2.05) is 13.0 Å². The lowest BCUT2D eigenvalue weighted by atomic mass is 9.91. The van der Waals surface area contributed by atoms with Crippen LogP contribution in [0.1, 0.15) is 39.2 Å². The topological polar surface area (TPSA) is 59.1 Å². The van der Waals surface area contributed by atoms with Crippen LogP contribution in [-0.2, 0) is 9.59 Å². The van der Waals surface area contributed by atoms with Gasteiger partial charge in [-0.1, -0.05) is 26.8 Å². The van der Waals surface area contributed by atoms with Gasteiger partial charge in [-0.25, -0.2) is 0 Å². The van der Waals surface area contributed by atoms with Gasteiger partial charge in [0, 0.05) is 19.6 Å². The monoisotopic (exact) mass is 386 g/mol. The average molecular weight is 386 g/mol. The van der Waals surface area contributed by atoms with Gasteiger partial charge in [0.25, 0.3) is 11.8 Å². The first-order valence-electron chi connectivity index (χ1n) is 9.99. The zero-order chi connectivity index (χ0) is 20.4. The Morgan fingerprint density at radius 2 is 1.64 bits per heavy atom. The fourth-order valence-corrected chi connectivity index (χ4v) is 4.38. The Balaban J connectivity index is 2.12. The molecule has 0 saturated carbocycles. The third kappa shape index (κ3) is 3.60. The van der Waals surface area contributed by atoms with Crippen molar-refractivity contribution in [2.75, 3.05) is 33.9 Å². The molecular weight excluding hydrogens is 356 g/mol. The number of methoxy groups -OCH3 is 2. The molecule has 2 heterocycles. The van der Waals surface area contributed by atoms with E-state index in [9.17, 15) is 9.59 Å². The van der Waals surface area contributed by atoms with E-state index in [-0.39, 0.29) is 11.8 Å². The predicted octanol–water partition coefficient (Wildman–Crippen LogP) is 3.17. The minimum absolute atomic E-state index is 0.182. The molecule has 2 aliphatic rings. The van der Waals surface area contributed by atoms with Gasteiger partial charge in [-0.05, 0) is 42.4 Å². The maximum atomic E-state index is 13.2. The van der Waals surface area contributed by atoms with Crippen LogP contribution in [-0.4, -0.2) is 55.5 Å². The number of hydrogen-bond acceptors (Lipinski definition) is 5. The third-order valence-electron chi connectivity index (χ3n) is 5.45. The van der Waals surface area contributed by atoms with Crippen molar-refractivity contribution in [1.29, 1.82) is 0 Å². The summed E-state index contributed by atoms with van der Waals surface area (Å²) in [5, 5.41) is 0. The normalized spacial score (nSPS) is 22.9. The Labute approximate surface area is 167 Å². The number of ether oxygens (including phenoxy) is 2. The van der Waals surface area contributed by atoms with E-state index in [1.165, 1.54) is 4.90 Å². The van der Waals surface area contributed by atoms with Crippen molar-refractivity contribution in [3.63, 3.8) is 0 Å². The summed E-state index contributed by atoms with van der Waals surface area (Å²) in [6.45, 7) is 8.37. The van der Waals surface area contributed by atoms with Gasteiger partial charge in [0.2, 0.25) is 0 Å². The molecule has 2 aliphatic heterocycles. The standard InChI is InChI=1S/C22H30N2O4/c1-6-9-24-21(25)19(16-7-8-17(27-4)18(11-16)28-5)20(22(24)26)23-12-14(2)10-15(3)13-23/h7-8,11,14-15H,6,9-10,12-13H2,1-5H3. The highest BCUT2D eigenvalue weighted by Gasteiger charge is 2.42. The number of hydrogen-bond donors (Lipinski definition) is 0. The van der Waals surface area contributed by atoms with Crippen LogP contribution >= 0.6 is 0 Å². The molecule has 2 amide bonds. The number of amides is 2. The van der Waals surface area contributed by atoms with Crippen LogP contribution in [0.4, 0.5) is 0 Å². The summed E-state index contributed by atoms with van der Waals surface area (Å²) < 4.78 is 10.7. The van der Waals surface area contributed by atoms with Crippen LogP contribution in [0.5, 0.6) is 11.5 Å². The Kier molecular flexibility index (Phi) is 5.96. The predicted molar refractivity (Wildman–Crippen MR) is 108 cm³/mol. The van der Waals surface area contributed by atoms with E-state index in [0.29, 0.717) is 46.7 Å². The highest BCUT2D eigenvalue weighted by atomic mass is 16.5. The Morgan fingerprint density at radius 1 is 1.00 bits per heavy atom. The van der Waals surface area contributed by atoms with E-state index in [4.69, 9.17) is 9.47 Å². The summed E-state index contributed by atoms with van der Waals surface area (Å²) in [5.41, 5.74) is 1.69. The van der Waals surface area contributed by atoms with E-state index < -0.39 is 0 Å². The molecule has 1 aromatic rings. The van der Waals surface area contributed by atoms with E-state index >= 15 is 0 Å². The van der Waals surface area contributed by atoms with Crippen molar-refractivity contribution in [3.8, 4) is 11.5 Å². The molecule has 2 unspecified atom stereocenters. The molecule has 0 spiro atoms. The van der Waals surface area contributed by atoms with Crippen LogP contribution in [0.2, 0.25) is 0 Å². The molecule has 0 N–H and O–H groups in total. The van der Waals surface area contributed by atoms with Crippen LogP contribution in [0.3, 0.4) is 0 Å². The number of likely N-dealkylation sites (tertiary alicyclic amines) is 1. The molecule has 1 fully saturated rings. The first kappa shape index (κ1) is 20.2. The fourth-order valence-electron chi connectivity index (χ4n) is 4.38. The molecule has 152 valence electrons. The third-order valence-corrected chi connectivity index (χ3v) is 5.45. The maximum Gasteiger partial charge on any atom is 0.277 e. The van der Waals surface area contributed by atoms with Crippen molar-refractivity contribution in [1.82, 2.24) is 9.80 Å². The molecule has 0 bridgehead atoms. The van der Waals surface area contributed by atoms with E-state index in [2.05, 4.69) is 18.7 Å². The van der Waals surface area contributed by atoms with Gasteiger partial charge in [-0.3, -0.25) is 14.5 Å². The Hall–Kier alpha value is -2.50. The number of nitrogens with zero attached hydrogens (tertiary/aromatic N) is 2. The summed E-state index contributed by atoms with van der Waals surface area (Å²) >= 11 is 0. The van der Waals surface area contributed by atoms with Gasteiger partial charge >= 0.3 is 0 Å². The second kappa shape index (κ2) is 8.25. The zero-order valence-electron chi connectivity index (χ0n) is 17.4. The van der Waals surface area contributed by atoms with E-state index in [1.54, 1.807) is 26.4 Å². The van der Waals surface area contributed by atoms with Crippen LogP contribution in [0, 0.1) is 11.8 Å². The highest BCUT2D eigenvalue weighted by molar-refractivity contribution is 6.35. The van der Waals surface area contributed by atoms with Crippen LogP contribution in [0.15, 0.2) is 23.9 Å². The smallest absolute Gasteiger partial charge is 0.277 e. The molecule has 1 saturated heterocycles. The first-order chi connectivity index (χ1) is 13.4. The Bertz CT molecular complexity index is 792. The molecular formula is C22H30N2O4. The molecule has 0 radical (unpaired) electrons. The fraction of sp³-hybridized carbons (Fsp3) is 0.545. The summed E-state index contributed by atoms with van der Waals surface area (Å²) in [7, 11) is 3.14. The molecule has 6 nitrogen and oxygen atoms in total. The molecule has 2 atom stereocenters. The minimum atomic E-state index is -0.222. The quantitative estimate of drug-likeness (QED) is 0.703. The number of carbonyl (C=O) groups is 2. The van der Waals surface area contributed by atoms with Gasteiger partial charge in [-0.2, -0.15) is 0 Å². The second-order valence-corrected chi connectivity index (χ2v) is 7.91. The van der Waals surface area contributed by atoms with Gasteiger partial charge in [0.15, 0.2) is 11.5 Å². The van der Waals surface area contributed by atoms with Crippen molar-refractivity contribution in [2.24, 2.45) is 11.8 Å². The molecule has 0 aliphatic carbocycles. The Morgan fingerprint density at radius 3 is 2.21 bits per heavy atom. The number of rotatable bonds is 6. The number of benzene rings is 1. The van der Waals surface area contributed by atoms with Gasteiger partial charge < -0.3 is 14.4 Å². The molecule has 1 aromatic carbocycles. The van der Waals surface area contributed by atoms with E-state index in [0.717, 1.165) is 25.9 Å². The number of piperidine rings is 1. The van der Waals surface area contributed by atoms with Gasteiger partial charge in [-0.15, -0.1) is 0 Å². The lowest BCUT2D eigenvalue weighted by Crippen LogP contribution is -2.42. The van der Waals surface area contributed by atoms with Gasteiger partial charge in [0.05, 0.1) is 19.8 Å². The lowest BCUT2D eigenvalue weighted by molar-refractivity contribution is -0.137. The second-order valence-electron chi connectivity index (χ2n) is 7.91. The highest BCUT2D eigenvalue weighted by Crippen LogP contribution is 2.38. The lowest BCUT2D eigenvalue weighted by Gasteiger charge is -2.37. The molecule has 0 aromatic heterocycles. The van der Waals surface area contributed by atoms with Crippen molar-refractivity contribution in [2.45, 2.75) is 33.6 Å².